The molecule has 0 aliphatic heterocycles. The van der Waals surface area contributed by atoms with Gasteiger partial charge in [-0.3, -0.25) is 9.78 Å². The first-order valence-corrected chi connectivity index (χ1v) is 9.91. The number of aryl methyl sites for hydroxylation is 2. The lowest BCUT2D eigenvalue weighted by Gasteiger charge is -2.25. The molecule has 2 aromatic rings. The van der Waals surface area contributed by atoms with E-state index in [1.54, 1.807) is 24.3 Å². The van der Waals surface area contributed by atoms with Crippen LogP contribution in [0, 0.1) is 12.8 Å². The fraction of sp³-hybridized carbons (Fsp3) is 0.619. The molecule has 1 amide bonds. The van der Waals surface area contributed by atoms with Crippen molar-refractivity contribution in [2.24, 2.45) is 5.92 Å². The summed E-state index contributed by atoms with van der Waals surface area (Å²) < 4.78 is 2.23. The first-order chi connectivity index (χ1) is 12.9. The number of unbranched alkanes of at least 4 members (excludes halogenated alkanes) is 3. The molecule has 148 valence electrons. The van der Waals surface area contributed by atoms with Crippen molar-refractivity contribution in [1.82, 2.24) is 19.4 Å². The first-order valence-electron chi connectivity index (χ1n) is 9.91. The number of hydrogen-bond donors (Lipinski definition) is 0. The predicted octanol–water partition coefficient (Wildman–Crippen LogP) is 3.76. The minimum absolute atomic E-state index is 0.0664. The number of nitrogens with zero attached hydrogens (tertiary/aromatic N) is 4. The molecule has 0 spiro atoms. The van der Waals surface area contributed by atoms with E-state index in [1.807, 2.05) is 13.0 Å². The van der Waals surface area contributed by atoms with Gasteiger partial charge in [-0.1, -0.05) is 26.7 Å². The highest BCUT2D eigenvalue weighted by molar-refractivity contribution is 5.79. The van der Waals surface area contributed by atoms with Gasteiger partial charge in [-0.2, -0.15) is 0 Å². The number of pyridine rings is 1. The summed E-state index contributed by atoms with van der Waals surface area (Å²) in [5.74, 6) is 1.48. The summed E-state index contributed by atoms with van der Waals surface area (Å²) in [5.41, 5.74) is 2.07. The summed E-state index contributed by atoms with van der Waals surface area (Å²) in [6.07, 6.45) is 9.74. The number of aldehydes is 1. The zero-order valence-corrected chi connectivity index (χ0v) is 17.0. The Morgan fingerprint density at radius 1 is 1.26 bits per heavy atom. The highest BCUT2D eigenvalue weighted by Gasteiger charge is 2.19. The first kappa shape index (κ1) is 21.1. The van der Waals surface area contributed by atoms with Crippen molar-refractivity contribution >= 4 is 23.2 Å². The quantitative estimate of drug-likeness (QED) is 0.445. The Labute approximate surface area is 162 Å². The molecular weight excluding hydrogens is 340 g/mol. The molecular formula is C21H32N4O2. The van der Waals surface area contributed by atoms with Crippen LogP contribution in [0.1, 0.15) is 58.2 Å². The number of carbonyl (C=O) groups is 2. The molecule has 27 heavy (non-hydrogen) atoms. The van der Waals surface area contributed by atoms with Gasteiger partial charge in [-0.25, -0.2) is 4.98 Å². The van der Waals surface area contributed by atoms with Crippen molar-refractivity contribution in [3.63, 3.8) is 0 Å². The van der Waals surface area contributed by atoms with Gasteiger partial charge in [0.25, 0.3) is 0 Å². The van der Waals surface area contributed by atoms with Crippen molar-refractivity contribution in [1.29, 1.82) is 0 Å². The van der Waals surface area contributed by atoms with Gasteiger partial charge >= 0.3 is 0 Å². The molecule has 2 rings (SSSR count). The topological polar surface area (TPSA) is 68.1 Å². The molecule has 6 nitrogen and oxygen atoms in total. The SMILES string of the molecule is Cc1nc2cnccc2n1CCCCCCC(=O)N(C)[C@H](C=O)CC(C)C. The minimum atomic E-state index is -0.301. The van der Waals surface area contributed by atoms with Crippen molar-refractivity contribution in [3.05, 3.63) is 24.3 Å². The third kappa shape index (κ3) is 5.88. The molecule has 0 fully saturated rings. The predicted molar refractivity (Wildman–Crippen MR) is 107 cm³/mol. The second-order valence-corrected chi connectivity index (χ2v) is 7.68. The van der Waals surface area contributed by atoms with Crippen LogP contribution in [-0.4, -0.2) is 44.7 Å². The van der Waals surface area contributed by atoms with Crippen molar-refractivity contribution in [2.75, 3.05) is 7.05 Å². The van der Waals surface area contributed by atoms with E-state index in [-0.39, 0.29) is 11.9 Å². The summed E-state index contributed by atoms with van der Waals surface area (Å²) in [4.78, 5) is 33.8. The van der Waals surface area contributed by atoms with Crippen molar-refractivity contribution < 1.29 is 9.59 Å². The van der Waals surface area contributed by atoms with E-state index < -0.39 is 0 Å². The Bertz CT molecular complexity index is 754. The van der Waals surface area contributed by atoms with Crippen LogP contribution >= 0.6 is 0 Å². The molecule has 0 aliphatic rings. The number of likely N-dealkylation sites (N-methyl/N-ethyl adjacent to an activating group) is 1. The van der Waals surface area contributed by atoms with Crippen LogP contribution in [0.5, 0.6) is 0 Å². The molecule has 0 saturated heterocycles. The second-order valence-electron chi connectivity index (χ2n) is 7.68. The maximum absolute atomic E-state index is 12.3. The number of carbonyl (C=O) groups excluding carboxylic acids is 2. The Balaban J connectivity index is 1.70. The average Bonchev–Trinajstić information content (AvgIpc) is 2.96. The maximum Gasteiger partial charge on any atom is 0.222 e. The Kier molecular flexibility index (Phi) is 7.95. The number of aromatic nitrogens is 3. The van der Waals surface area contributed by atoms with Gasteiger partial charge in [-0.05, 0) is 38.2 Å². The maximum atomic E-state index is 12.3. The molecule has 2 aromatic heterocycles. The van der Waals surface area contributed by atoms with Crippen LogP contribution in [-0.2, 0) is 16.1 Å². The Morgan fingerprint density at radius 3 is 2.70 bits per heavy atom. The van der Waals surface area contributed by atoms with Crippen LogP contribution in [0.25, 0.3) is 11.0 Å². The lowest BCUT2D eigenvalue weighted by atomic mass is 10.0. The largest absolute Gasteiger partial charge is 0.336 e. The van der Waals surface area contributed by atoms with E-state index >= 15 is 0 Å². The van der Waals surface area contributed by atoms with Crippen LogP contribution in [0.15, 0.2) is 18.5 Å². The summed E-state index contributed by atoms with van der Waals surface area (Å²) in [6, 6.07) is 1.70. The van der Waals surface area contributed by atoms with E-state index in [1.165, 1.54) is 0 Å². The van der Waals surface area contributed by atoms with Crippen LogP contribution < -0.4 is 0 Å². The Morgan fingerprint density at radius 2 is 2.00 bits per heavy atom. The monoisotopic (exact) mass is 372 g/mol. The third-order valence-electron chi connectivity index (χ3n) is 5.02. The van der Waals surface area contributed by atoms with E-state index in [4.69, 9.17) is 0 Å². The van der Waals surface area contributed by atoms with Gasteiger partial charge in [0.2, 0.25) is 5.91 Å². The molecule has 0 unspecified atom stereocenters. The van der Waals surface area contributed by atoms with Gasteiger partial charge in [0.15, 0.2) is 0 Å². The second kappa shape index (κ2) is 10.2. The average molecular weight is 373 g/mol. The van der Waals surface area contributed by atoms with Crippen molar-refractivity contribution in [2.45, 2.75) is 71.9 Å². The third-order valence-corrected chi connectivity index (χ3v) is 5.02. The number of amides is 1. The van der Waals surface area contributed by atoms with Crippen molar-refractivity contribution in [3.8, 4) is 0 Å². The molecule has 0 aromatic carbocycles. The smallest absolute Gasteiger partial charge is 0.222 e. The lowest BCUT2D eigenvalue weighted by molar-refractivity contribution is -0.135. The summed E-state index contributed by atoms with van der Waals surface area (Å²) in [5, 5.41) is 0. The van der Waals surface area contributed by atoms with Gasteiger partial charge in [0.05, 0.1) is 17.8 Å². The molecule has 1 atom stereocenters. The summed E-state index contributed by atoms with van der Waals surface area (Å²) >= 11 is 0. The van der Waals surface area contributed by atoms with Gasteiger partial charge < -0.3 is 14.3 Å². The summed E-state index contributed by atoms with van der Waals surface area (Å²) in [7, 11) is 1.74. The molecule has 2 heterocycles. The minimum Gasteiger partial charge on any atom is -0.336 e. The lowest BCUT2D eigenvalue weighted by Crippen LogP contribution is -2.38. The molecule has 0 N–H and O–H groups in total. The van der Waals surface area contributed by atoms with Gasteiger partial charge in [0.1, 0.15) is 17.6 Å². The van der Waals surface area contributed by atoms with E-state index in [0.717, 1.165) is 61.8 Å². The number of imidazole rings is 1. The molecule has 6 heteroatoms. The van der Waals surface area contributed by atoms with Crippen LogP contribution in [0.2, 0.25) is 0 Å². The number of hydrogen-bond acceptors (Lipinski definition) is 4. The van der Waals surface area contributed by atoms with E-state index in [9.17, 15) is 9.59 Å². The number of rotatable bonds is 11. The molecule has 0 bridgehead atoms. The van der Waals surface area contributed by atoms with Crippen LogP contribution in [0.3, 0.4) is 0 Å². The molecule has 0 aliphatic carbocycles. The molecule has 0 saturated carbocycles. The van der Waals surface area contributed by atoms with Crippen LogP contribution in [0.4, 0.5) is 0 Å². The standard InChI is InChI=1S/C21H32N4O2/c1-16(2)13-18(15-26)24(4)21(27)9-7-5-6-8-12-25-17(3)23-19-14-22-11-10-20(19)25/h10-11,14-16,18H,5-9,12-13H2,1-4H3/t18-/m0/s1. The van der Waals surface area contributed by atoms with E-state index in [2.05, 4.69) is 28.4 Å². The van der Waals surface area contributed by atoms with Gasteiger partial charge in [-0.15, -0.1) is 0 Å². The van der Waals surface area contributed by atoms with Gasteiger partial charge in [0, 0.05) is 26.2 Å². The molecule has 0 radical (unpaired) electrons. The number of fused-ring (bicyclic) bond motifs is 1. The fourth-order valence-corrected chi connectivity index (χ4v) is 3.43. The zero-order valence-electron chi connectivity index (χ0n) is 17.0. The normalized spacial score (nSPS) is 12.5. The summed E-state index contributed by atoms with van der Waals surface area (Å²) in [6.45, 7) is 7.09. The Hall–Kier alpha value is -2.24. The zero-order chi connectivity index (χ0) is 19.8. The fourth-order valence-electron chi connectivity index (χ4n) is 3.43. The van der Waals surface area contributed by atoms with E-state index in [0.29, 0.717) is 12.3 Å². The highest BCUT2D eigenvalue weighted by atomic mass is 16.2. The highest BCUT2D eigenvalue weighted by Crippen LogP contribution is 2.16.